The van der Waals surface area contributed by atoms with E-state index in [-0.39, 0.29) is 6.10 Å². The predicted octanol–water partition coefficient (Wildman–Crippen LogP) is 2.63. The van der Waals surface area contributed by atoms with Crippen molar-refractivity contribution in [1.29, 1.82) is 0 Å². The first-order chi connectivity index (χ1) is 10.7. The molecular weight excluding hydrogens is 280 g/mol. The summed E-state index contributed by atoms with van der Waals surface area (Å²) in [7, 11) is 0. The third-order valence-corrected chi connectivity index (χ3v) is 3.80. The van der Waals surface area contributed by atoms with E-state index < -0.39 is 0 Å². The average molecular weight is 296 g/mol. The van der Waals surface area contributed by atoms with Crippen LogP contribution in [0.25, 0.3) is 10.9 Å². The zero-order valence-corrected chi connectivity index (χ0v) is 11.9. The summed E-state index contributed by atoms with van der Waals surface area (Å²) in [4.78, 5) is 0. The maximum Gasteiger partial charge on any atom is 0.164 e. The molecule has 6 heteroatoms. The molecule has 2 aromatic carbocycles. The fraction of sp³-hybridized carbons (Fsp3) is 0.188. The molecule has 0 aliphatic carbocycles. The van der Waals surface area contributed by atoms with Gasteiger partial charge in [-0.05, 0) is 30.3 Å². The second kappa shape index (κ2) is 4.84. The van der Waals surface area contributed by atoms with Gasteiger partial charge in [0.05, 0.1) is 12.1 Å². The number of nitrogens with zero attached hydrogens (tertiary/aromatic N) is 1. The molecule has 0 radical (unpaired) electrons. The maximum atomic E-state index is 6.10. The molecule has 0 saturated heterocycles. The van der Waals surface area contributed by atoms with Crippen molar-refractivity contribution in [3.63, 3.8) is 0 Å². The summed E-state index contributed by atoms with van der Waals surface area (Å²) >= 11 is 0. The standard InChI is InChI=1S/C16H16N4O2/c17-9-1-3-12-11(7-9)16(20-19-12)14-5-6-21-13-4-2-10(18)8-15(13)22-14/h1-4,7-8,14H,5-6,17-18H2,(H,19,20). The van der Waals surface area contributed by atoms with Crippen molar-refractivity contribution in [3.8, 4) is 11.5 Å². The van der Waals surface area contributed by atoms with Crippen LogP contribution in [0.15, 0.2) is 36.4 Å². The SMILES string of the molecule is Nc1ccc2c(c1)OC(c1n[nH]c3ccc(N)cc13)CCO2. The lowest BCUT2D eigenvalue weighted by Gasteiger charge is -2.14. The number of aromatic nitrogens is 2. The number of benzene rings is 2. The number of rotatable bonds is 1. The van der Waals surface area contributed by atoms with Crippen LogP contribution in [0.4, 0.5) is 11.4 Å². The second-order valence-electron chi connectivity index (χ2n) is 5.36. The van der Waals surface area contributed by atoms with Gasteiger partial charge in [-0.15, -0.1) is 0 Å². The number of anilines is 2. The van der Waals surface area contributed by atoms with Gasteiger partial charge in [-0.1, -0.05) is 0 Å². The van der Waals surface area contributed by atoms with Crippen LogP contribution in [-0.2, 0) is 0 Å². The fourth-order valence-corrected chi connectivity index (χ4v) is 2.71. The van der Waals surface area contributed by atoms with E-state index in [2.05, 4.69) is 10.2 Å². The van der Waals surface area contributed by atoms with E-state index in [0.29, 0.717) is 35.9 Å². The van der Waals surface area contributed by atoms with E-state index in [9.17, 15) is 0 Å². The van der Waals surface area contributed by atoms with Crippen molar-refractivity contribution in [1.82, 2.24) is 10.2 Å². The topological polar surface area (TPSA) is 99.2 Å². The number of nitrogens with two attached hydrogens (primary N) is 2. The Morgan fingerprint density at radius 1 is 1.05 bits per heavy atom. The highest BCUT2D eigenvalue weighted by molar-refractivity contribution is 5.84. The normalized spacial score (nSPS) is 17.4. The van der Waals surface area contributed by atoms with Crippen LogP contribution in [0.2, 0.25) is 0 Å². The lowest BCUT2D eigenvalue weighted by molar-refractivity contribution is 0.191. The third-order valence-electron chi connectivity index (χ3n) is 3.80. The molecule has 112 valence electrons. The molecule has 5 N–H and O–H groups in total. The van der Waals surface area contributed by atoms with Crippen LogP contribution in [0.1, 0.15) is 18.2 Å². The van der Waals surface area contributed by atoms with Gasteiger partial charge in [0.2, 0.25) is 0 Å². The lowest BCUT2D eigenvalue weighted by atomic mass is 10.1. The van der Waals surface area contributed by atoms with Gasteiger partial charge in [-0.2, -0.15) is 5.10 Å². The molecule has 1 unspecified atom stereocenters. The van der Waals surface area contributed by atoms with E-state index in [1.165, 1.54) is 0 Å². The van der Waals surface area contributed by atoms with E-state index in [1.807, 2.05) is 24.3 Å². The van der Waals surface area contributed by atoms with Gasteiger partial charge in [0, 0.05) is 29.2 Å². The van der Waals surface area contributed by atoms with Crippen molar-refractivity contribution in [3.05, 3.63) is 42.1 Å². The largest absolute Gasteiger partial charge is 0.490 e. The number of nitrogens with one attached hydrogen (secondary N) is 1. The molecule has 2 heterocycles. The Kier molecular flexibility index (Phi) is 2.82. The Balaban J connectivity index is 1.77. The summed E-state index contributed by atoms with van der Waals surface area (Å²) in [5.74, 6) is 1.35. The number of aromatic amines is 1. The number of hydrogen-bond donors (Lipinski definition) is 3. The first-order valence-corrected chi connectivity index (χ1v) is 7.13. The van der Waals surface area contributed by atoms with Gasteiger partial charge >= 0.3 is 0 Å². The van der Waals surface area contributed by atoms with Crippen LogP contribution >= 0.6 is 0 Å². The van der Waals surface area contributed by atoms with Gasteiger partial charge in [-0.3, -0.25) is 5.10 Å². The van der Waals surface area contributed by atoms with Gasteiger partial charge in [0.15, 0.2) is 11.5 Å². The first kappa shape index (κ1) is 12.8. The van der Waals surface area contributed by atoms with Gasteiger partial charge in [0.25, 0.3) is 0 Å². The Morgan fingerprint density at radius 3 is 2.77 bits per heavy atom. The number of ether oxygens (including phenoxy) is 2. The molecule has 1 aliphatic rings. The van der Waals surface area contributed by atoms with E-state index >= 15 is 0 Å². The zero-order valence-electron chi connectivity index (χ0n) is 11.9. The van der Waals surface area contributed by atoms with E-state index in [1.54, 1.807) is 12.1 Å². The molecule has 22 heavy (non-hydrogen) atoms. The minimum absolute atomic E-state index is 0.210. The average Bonchev–Trinajstić information content (AvgIpc) is 2.79. The van der Waals surface area contributed by atoms with Gasteiger partial charge in [-0.25, -0.2) is 0 Å². The number of fused-ring (bicyclic) bond motifs is 2. The molecule has 1 atom stereocenters. The van der Waals surface area contributed by atoms with Gasteiger partial charge in [0.1, 0.15) is 11.8 Å². The molecule has 1 aromatic heterocycles. The van der Waals surface area contributed by atoms with Crippen LogP contribution in [0, 0.1) is 0 Å². The fourth-order valence-electron chi connectivity index (χ4n) is 2.71. The monoisotopic (exact) mass is 296 g/mol. The summed E-state index contributed by atoms with van der Waals surface area (Å²) in [6, 6.07) is 11.1. The van der Waals surface area contributed by atoms with Crippen molar-refractivity contribution in [2.75, 3.05) is 18.1 Å². The Labute approximate surface area is 127 Å². The molecular formula is C16H16N4O2. The molecule has 1 aliphatic heterocycles. The molecule has 0 amide bonds. The summed E-state index contributed by atoms with van der Waals surface area (Å²) in [6.07, 6.45) is 0.488. The summed E-state index contributed by atoms with van der Waals surface area (Å²) in [6.45, 7) is 0.554. The maximum absolute atomic E-state index is 6.10. The van der Waals surface area contributed by atoms with Crippen molar-refractivity contribution >= 4 is 22.3 Å². The number of H-pyrrole nitrogens is 1. The molecule has 0 saturated carbocycles. The third kappa shape index (κ3) is 2.09. The first-order valence-electron chi connectivity index (χ1n) is 7.13. The van der Waals surface area contributed by atoms with Crippen LogP contribution < -0.4 is 20.9 Å². The highest BCUT2D eigenvalue weighted by Gasteiger charge is 2.24. The molecule has 3 aromatic rings. The minimum Gasteiger partial charge on any atom is -0.490 e. The molecule has 0 spiro atoms. The van der Waals surface area contributed by atoms with Crippen LogP contribution in [0.5, 0.6) is 11.5 Å². The predicted molar refractivity (Wildman–Crippen MR) is 84.8 cm³/mol. The van der Waals surface area contributed by atoms with Crippen LogP contribution in [-0.4, -0.2) is 16.8 Å². The number of nitrogen functional groups attached to an aromatic ring is 2. The summed E-state index contributed by atoms with van der Waals surface area (Å²) in [5.41, 5.74) is 14.8. The van der Waals surface area contributed by atoms with Gasteiger partial charge < -0.3 is 20.9 Å². The highest BCUT2D eigenvalue weighted by atomic mass is 16.5. The Hall–Kier alpha value is -2.89. The zero-order chi connectivity index (χ0) is 15.1. The highest BCUT2D eigenvalue weighted by Crippen LogP contribution is 2.38. The minimum atomic E-state index is -0.210. The van der Waals surface area contributed by atoms with Crippen molar-refractivity contribution in [2.24, 2.45) is 0 Å². The quantitative estimate of drug-likeness (QED) is 0.599. The Bertz CT molecular complexity index is 843. The molecule has 0 bridgehead atoms. The molecule has 6 nitrogen and oxygen atoms in total. The second-order valence-corrected chi connectivity index (χ2v) is 5.36. The van der Waals surface area contributed by atoms with Crippen LogP contribution in [0.3, 0.4) is 0 Å². The van der Waals surface area contributed by atoms with Crippen molar-refractivity contribution in [2.45, 2.75) is 12.5 Å². The number of hydrogen-bond acceptors (Lipinski definition) is 5. The lowest BCUT2D eigenvalue weighted by Crippen LogP contribution is -2.09. The molecule has 0 fully saturated rings. The summed E-state index contributed by atoms with van der Waals surface area (Å²) < 4.78 is 11.8. The summed E-state index contributed by atoms with van der Waals surface area (Å²) in [5, 5.41) is 8.39. The van der Waals surface area contributed by atoms with Crippen molar-refractivity contribution < 1.29 is 9.47 Å². The van der Waals surface area contributed by atoms with E-state index in [4.69, 9.17) is 20.9 Å². The smallest absolute Gasteiger partial charge is 0.164 e. The van der Waals surface area contributed by atoms with E-state index in [0.717, 1.165) is 16.6 Å². The Morgan fingerprint density at radius 2 is 1.86 bits per heavy atom. The molecule has 4 rings (SSSR count).